The SMILES string of the molecule is CC/C(C)=N\NC(=O)c1c(-c2ccccc2)c(-c2ccccc2)n[nH]c1=O. The van der Waals surface area contributed by atoms with Gasteiger partial charge in [-0.2, -0.15) is 10.2 Å². The van der Waals surface area contributed by atoms with Crippen LogP contribution in [0.25, 0.3) is 22.4 Å². The molecule has 6 nitrogen and oxygen atoms in total. The molecule has 1 heterocycles. The Labute approximate surface area is 157 Å². The number of carbonyl (C=O) groups is 1. The highest BCUT2D eigenvalue weighted by Crippen LogP contribution is 2.31. The van der Waals surface area contributed by atoms with E-state index in [9.17, 15) is 9.59 Å². The van der Waals surface area contributed by atoms with E-state index in [-0.39, 0.29) is 5.56 Å². The van der Waals surface area contributed by atoms with E-state index in [1.807, 2.05) is 74.5 Å². The number of carbonyl (C=O) groups excluding carboxylic acids is 1. The molecule has 0 fully saturated rings. The maximum Gasteiger partial charge on any atom is 0.277 e. The summed E-state index contributed by atoms with van der Waals surface area (Å²) in [5.41, 5.74) is 5.21. The van der Waals surface area contributed by atoms with E-state index < -0.39 is 11.5 Å². The first-order chi connectivity index (χ1) is 13.1. The van der Waals surface area contributed by atoms with Gasteiger partial charge in [-0.05, 0) is 18.9 Å². The Balaban J connectivity index is 2.23. The van der Waals surface area contributed by atoms with Gasteiger partial charge >= 0.3 is 0 Å². The third-order valence-electron chi connectivity index (χ3n) is 4.18. The van der Waals surface area contributed by atoms with Gasteiger partial charge in [0, 0.05) is 16.8 Å². The molecule has 0 aliphatic heterocycles. The zero-order valence-corrected chi connectivity index (χ0v) is 15.2. The molecule has 0 radical (unpaired) electrons. The highest BCUT2D eigenvalue weighted by atomic mass is 16.2. The van der Waals surface area contributed by atoms with Crippen LogP contribution in [0.5, 0.6) is 0 Å². The molecule has 0 saturated heterocycles. The average molecular weight is 360 g/mol. The molecule has 0 saturated carbocycles. The minimum atomic E-state index is -0.567. The molecule has 2 aromatic carbocycles. The number of nitrogens with one attached hydrogen (secondary N) is 2. The molecule has 0 atom stereocenters. The highest BCUT2D eigenvalue weighted by molar-refractivity contribution is 6.04. The number of hydrogen-bond acceptors (Lipinski definition) is 4. The fourth-order valence-electron chi connectivity index (χ4n) is 2.64. The van der Waals surface area contributed by atoms with Crippen LogP contribution in [-0.2, 0) is 0 Å². The van der Waals surface area contributed by atoms with Gasteiger partial charge in [-0.25, -0.2) is 10.5 Å². The zero-order valence-electron chi connectivity index (χ0n) is 15.2. The van der Waals surface area contributed by atoms with Crippen molar-refractivity contribution < 1.29 is 4.79 Å². The van der Waals surface area contributed by atoms with Crippen LogP contribution in [0, 0.1) is 0 Å². The molecule has 0 aliphatic rings. The van der Waals surface area contributed by atoms with Crippen molar-refractivity contribution in [3.05, 3.63) is 76.6 Å². The minimum Gasteiger partial charge on any atom is -0.267 e. The van der Waals surface area contributed by atoms with Crippen molar-refractivity contribution in [1.82, 2.24) is 15.6 Å². The molecule has 3 rings (SSSR count). The first-order valence-electron chi connectivity index (χ1n) is 8.68. The van der Waals surface area contributed by atoms with Crippen molar-refractivity contribution in [1.29, 1.82) is 0 Å². The van der Waals surface area contributed by atoms with Crippen molar-refractivity contribution in [2.45, 2.75) is 20.3 Å². The van der Waals surface area contributed by atoms with E-state index in [2.05, 4.69) is 20.7 Å². The van der Waals surface area contributed by atoms with Crippen molar-refractivity contribution in [2.24, 2.45) is 5.10 Å². The van der Waals surface area contributed by atoms with E-state index in [0.29, 0.717) is 17.7 Å². The van der Waals surface area contributed by atoms with E-state index in [1.165, 1.54) is 0 Å². The lowest BCUT2D eigenvalue weighted by Gasteiger charge is -2.13. The Morgan fingerprint density at radius 3 is 2.22 bits per heavy atom. The number of rotatable bonds is 5. The molecule has 136 valence electrons. The standard InChI is InChI=1S/C21H20N4O2/c1-3-14(2)22-24-20(26)18-17(15-10-6-4-7-11-15)19(23-25-21(18)27)16-12-8-5-9-13-16/h4-13H,3H2,1-2H3,(H,24,26)(H,25,27)/b22-14-. The van der Waals surface area contributed by atoms with Gasteiger partial charge in [-0.15, -0.1) is 0 Å². The van der Waals surface area contributed by atoms with Crippen molar-refractivity contribution in [3.8, 4) is 22.4 Å². The molecule has 1 aromatic heterocycles. The lowest BCUT2D eigenvalue weighted by atomic mass is 9.95. The lowest BCUT2D eigenvalue weighted by molar-refractivity contribution is 0.0953. The number of benzene rings is 2. The van der Waals surface area contributed by atoms with E-state index in [4.69, 9.17) is 0 Å². The first kappa shape index (κ1) is 18.3. The maximum absolute atomic E-state index is 12.8. The van der Waals surface area contributed by atoms with Crippen molar-refractivity contribution >= 4 is 11.6 Å². The van der Waals surface area contributed by atoms with E-state index in [0.717, 1.165) is 16.8 Å². The quantitative estimate of drug-likeness (QED) is 0.538. The highest BCUT2D eigenvalue weighted by Gasteiger charge is 2.22. The van der Waals surface area contributed by atoms with Crippen molar-refractivity contribution in [3.63, 3.8) is 0 Å². The molecule has 1 amide bonds. The van der Waals surface area contributed by atoms with Gasteiger partial charge in [-0.1, -0.05) is 67.6 Å². The summed E-state index contributed by atoms with van der Waals surface area (Å²) in [4.78, 5) is 25.3. The Morgan fingerprint density at radius 2 is 1.63 bits per heavy atom. The number of hydrogen-bond donors (Lipinski definition) is 2. The van der Waals surface area contributed by atoms with Gasteiger partial charge in [0.2, 0.25) is 0 Å². The smallest absolute Gasteiger partial charge is 0.267 e. The van der Waals surface area contributed by atoms with Crippen LogP contribution in [0.15, 0.2) is 70.6 Å². The number of H-pyrrole nitrogens is 1. The van der Waals surface area contributed by atoms with Gasteiger partial charge in [0.1, 0.15) is 5.56 Å². The predicted molar refractivity (Wildman–Crippen MR) is 107 cm³/mol. The third-order valence-corrected chi connectivity index (χ3v) is 4.18. The molecule has 0 bridgehead atoms. The summed E-state index contributed by atoms with van der Waals surface area (Å²) in [5.74, 6) is -0.567. The normalized spacial score (nSPS) is 11.3. The summed E-state index contributed by atoms with van der Waals surface area (Å²) in [7, 11) is 0. The zero-order chi connectivity index (χ0) is 19.2. The van der Waals surface area contributed by atoms with Crippen LogP contribution in [0.3, 0.4) is 0 Å². The number of aromatic nitrogens is 2. The first-order valence-corrected chi connectivity index (χ1v) is 8.68. The monoisotopic (exact) mass is 360 g/mol. The number of hydrazone groups is 1. The van der Waals surface area contributed by atoms with Gasteiger partial charge in [0.05, 0.1) is 5.69 Å². The Kier molecular flexibility index (Phi) is 5.56. The van der Waals surface area contributed by atoms with Crippen LogP contribution in [0.2, 0.25) is 0 Å². The Bertz CT molecular complexity index is 1030. The number of nitrogens with zero attached hydrogens (tertiary/aromatic N) is 2. The van der Waals surface area contributed by atoms with Gasteiger partial charge in [0.15, 0.2) is 0 Å². The molecule has 0 aliphatic carbocycles. The molecule has 3 aromatic rings. The summed E-state index contributed by atoms with van der Waals surface area (Å²) in [6.45, 7) is 3.75. The summed E-state index contributed by atoms with van der Waals surface area (Å²) < 4.78 is 0. The number of aromatic amines is 1. The summed E-state index contributed by atoms with van der Waals surface area (Å²) in [5, 5.41) is 10.7. The van der Waals surface area contributed by atoms with Crippen LogP contribution in [-0.4, -0.2) is 21.8 Å². The average Bonchev–Trinajstić information content (AvgIpc) is 2.72. The predicted octanol–water partition coefficient (Wildman–Crippen LogP) is 3.62. The fourth-order valence-corrected chi connectivity index (χ4v) is 2.64. The van der Waals surface area contributed by atoms with Gasteiger partial charge in [0.25, 0.3) is 11.5 Å². The molecular formula is C21H20N4O2. The molecule has 2 N–H and O–H groups in total. The Hall–Kier alpha value is -3.54. The minimum absolute atomic E-state index is 0.0114. The van der Waals surface area contributed by atoms with Crippen LogP contribution >= 0.6 is 0 Å². The summed E-state index contributed by atoms with van der Waals surface area (Å²) in [6, 6.07) is 18.7. The topological polar surface area (TPSA) is 87.2 Å². The molecule has 27 heavy (non-hydrogen) atoms. The van der Waals surface area contributed by atoms with Crippen LogP contribution < -0.4 is 11.0 Å². The molecular weight excluding hydrogens is 340 g/mol. The maximum atomic E-state index is 12.8. The molecule has 0 spiro atoms. The second-order valence-electron chi connectivity index (χ2n) is 6.02. The second-order valence-corrected chi connectivity index (χ2v) is 6.02. The fraction of sp³-hybridized carbons (Fsp3) is 0.143. The molecule has 0 unspecified atom stereocenters. The largest absolute Gasteiger partial charge is 0.277 e. The summed E-state index contributed by atoms with van der Waals surface area (Å²) in [6.07, 6.45) is 0.702. The Morgan fingerprint density at radius 1 is 1.04 bits per heavy atom. The van der Waals surface area contributed by atoms with E-state index in [1.54, 1.807) is 0 Å². The second kappa shape index (κ2) is 8.23. The van der Waals surface area contributed by atoms with Crippen molar-refractivity contribution in [2.75, 3.05) is 0 Å². The number of amides is 1. The van der Waals surface area contributed by atoms with E-state index >= 15 is 0 Å². The van der Waals surface area contributed by atoms with Crippen LogP contribution in [0.1, 0.15) is 30.6 Å². The third kappa shape index (κ3) is 4.00. The summed E-state index contributed by atoms with van der Waals surface area (Å²) >= 11 is 0. The van der Waals surface area contributed by atoms with Gasteiger partial charge in [-0.3, -0.25) is 9.59 Å². The molecule has 6 heteroatoms. The van der Waals surface area contributed by atoms with Crippen LogP contribution in [0.4, 0.5) is 0 Å². The lowest BCUT2D eigenvalue weighted by Crippen LogP contribution is -2.29. The van der Waals surface area contributed by atoms with Gasteiger partial charge < -0.3 is 0 Å².